The van der Waals surface area contributed by atoms with Crippen LogP contribution in [-0.4, -0.2) is 25.5 Å². The average molecular weight is 220 g/mol. The Morgan fingerprint density at radius 2 is 2.12 bits per heavy atom. The van der Waals surface area contributed by atoms with Crippen molar-refractivity contribution in [1.82, 2.24) is 10.6 Å². The fraction of sp³-hybridized carbons (Fsp3) is 0.417. The fourth-order valence-electron chi connectivity index (χ4n) is 2.72. The van der Waals surface area contributed by atoms with Crippen LogP contribution in [-0.2, 0) is 0 Å². The van der Waals surface area contributed by atoms with E-state index in [4.69, 9.17) is 0 Å². The van der Waals surface area contributed by atoms with Crippen LogP contribution in [0.4, 0.5) is 4.39 Å². The van der Waals surface area contributed by atoms with Crippen molar-refractivity contribution in [3.8, 4) is 0 Å². The van der Waals surface area contributed by atoms with Gasteiger partial charge in [-0.1, -0.05) is 6.07 Å². The second-order valence-corrected chi connectivity index (χ2v) is 4.44. The maximum Gasteiger partial charge on any atom is 0.251 e. The molecule has 1 aromatic carbocycles. The molecule has 1 saturated heterocycles. The van der Waals surface area contributed by atoms with Gasteiger partial charge in [0.2, 0.25) is 0 Å². The lowest BCUT2D eigenvalue weighted by Crippen LogP contribution is -2.28. The molecule has 84 valence electrons. The summed E-state index contributed by atoms with van der Waals surface area (Å²) < 4.78 is 13.9. The zero-order valence-corrected chi connectivity index (χ0v) is 8.79. The molecule has 3 rings (SSSR count). The summed E-state index contributed by atoms with van der Waals surface area (Å²) in [4.78, 5) is 11.8. The summed E-state index contributed by atoms with van der Waals surface area (Å²) in [7, 11) is 0. The van der Waals surface area contributed by atoms with Gasteiger partial charge in [0.1, 0.15) is 5.82 Å². The number of hydrogen-bond donors (Lipinski definition) is 2. The van der Waals surface area contributed by atoms with Crippen LogP contribution in [0.25, 0.3) is 0 Å². The number of hydrogen-bond acceptors (Lipinski definition) is 2. The van der Waals surface area contributed by atoms with Crippen molar-refractivity contribution in [2.45, 2.75) is 5.92 Å². The smallest absolute Gasteiger partial charge is 0.251 e. The number of nitrogens with one attached hydrogen (secondary N) is 2. The number of amides is 1. The van der Waals surface area contributed by atoms with Gasteiger partial charge >= 0.3 is 0 Å². The van der Waals surface area contributed by atoms with Crippen LogP contribution in [0, 0.1) is 11.7 Å². The maximum atomic E-state index is 13.9. The van der Waals surface area contributed by atoms with E-state index in [0.29, 0.717) is 23.6 Å². The van der Waals surface area contributed by atoms with Gasteiger partial charge in [-0.2, -0.15) is 0 Å². The Kier molecular flexibility index (Phi) is 2.17. The summed E-state index contributed by atoms with van der Waals surface area (Å²) in [5.41, 5.74) is 1.09. The van der Waals surface area contributed by atoms with E-state index in [1.165, 1.54) is 6.07 Å². The molecule has 1 amide bonds. The highest BCUT2D eigenvalue weighted by molar-refractivity contribution is 5.96. The molecular weight excluding hydrogens is 207 g/mol. The van der Waals surface area contributed by atoms with E-state index in [1.54, 1.807) is 12.1 Å². The lowest BCUT2D eigenvalue weighted by atomic mass is 9.87. The SMILES string of the molecule is O=C1NC[C@H]2CNC[C@@H]2c2c(F)cccc21. The Labute approximate surface area is 93.0 Å². The maximum absolute atomic E-state index is 13.9. The highest BCUT2D eigenvalue weighted by Crippen LogP contribution is 2.33. The molecule has 1 fully saturated rings. The van der Waals surface area contributed by atoms with Crippen LogP contribution in [0.2, 0.25) is 0 Å². The first kappa shape index (κ1) is 9.78. The first-order valence-corrected chi connectivity index (χ1v) is 5.54. The minimum atomic E-state index is -0.256. The molecule has 2 heterocycles. The molecule has 16 heavy (non-hydrogen) atoms. The van der Waals surface area contributed by atoms with Gasteiger partial charge in [0.15, 0.2) is 0 Å². The molecule has 2 N–H and O–H groups in total. The molecule has 2 atom stereocenters. The molecule has 2 aliphatic rings. The summed E-state index contributed by atoms with van der Waals surface area (Å²) >= 11 is 0. The summed E-state index contributed by atoms with van der Waals surface area (Å²) in [6, 6.07) is 4.73. The third kappa shape index (κ3) is 1.33. The number of carbonyl (C=O) groups excluding carboxylic acids is 1. The predicted molar refractivity (Wildman–Crippen MR) is 57.8 cm³/mol. The minimum absolute atomic E-state index is 0.121. The second kappa shape index (κ2) is 3.56. The predicted octanol–water partition coefficient (Wildman–Crippen LogP) is 0.872. The molecular formula is C12H13FN2O. The molecule has 0 aromatic heterocycles. The monoisotopic (exact) mass is 220 g/mol. The Balaban J connectivity index is 2.17. The van der Waals surface area contributed by atoms with Crippen molar-refractivity contribution in [2.75, 3.05) is 19.6 Å². The van der Waals surface area contributed by atoms with E-state index in [9.17, 15) is 9.18 Å². The van der Waals surface area contributed by atoms with E-state index in [2.05, 4.69) is 10.6 Å². The highest BCUT2D eigenvalue weighted by Gasteiger charge is 2.35. The first-order valence-electron chi connectivity index (χ1n) is 5.54. The van der Waals surface area contributed by atoms with Gasteiger partial charge in [0.25, 0.3) is 5.91 Å². The summed E-state index contributed by atoms with van der Waals surface area (Å²) in [5.74, 6) is 0.0226. The van der Waals surface area contributed by atoms with Crippen LogP contribution in [0.15, 0.2) is 18.2 Å². The summed E-state index contributed by atoms with van der Waals surface area (Å²) in [6.07, 6.45) is 0. The average Bonchev–Trinajstić information content (AvgIpc) is 2.68. The van der Waals surface area contributed by atoms with Gasteiger partial charge < -0.3 is 10.6 Å². The van der Waals surface area contributed by atoms with Crippen molar-refractivity contribution in [3.05, 3.63) is 35.1 Å². The zero-order chi connectivity index (χ0) is 11.1. The molecule has 0 aliphatic carbocycles. The van der Waals surface area contributed by atoms with Gasteiger partial charge in [-0.3, -0.25) is 4.79 Å². The number of halogens is 1. The van der Waals surface area contributed by atoms with Gasteiger partial charge in [-0.25, -0.2) is 4.39 Å². The van der Waals surface area contributed by atoms with Crippen LogP contribution in [0.3, 0.4) is 0 Å². The van der Waals surface area contributed by atoms with Gasteiger partial charge in [0.05, 0.1) is 0 Å². The van der Waals surface area contributed by atoms with Gasteiger partial charge in [0, 0.05) is 36.7 Å². The quantitative estimate of drug-likeness (QED) is 0.681. The largest absolute Gasteiger partial charge is 0.352 e. The highest BCUT2D eigenvalue weighted by atomic mass is 19.1. The Morgan fingerprint density at radius 1 is 1.25 bits per heavy atom. The Morgan fingerprint density at radius 3 is 3.00 bits per heavy atom. The number of benzene rings is 1. The van der Waals surface area contributed by atoms with E-state index in [-0.39, 0.29) is 17.6 Å². The molecule has 0 saturated carbocycles. The van der Waals surface area contributed by atoms with E-state index >= 15 is 0 Å². The Bertz CT molecular complexity index is 447. The molecule has 4 heteroatoms. The third-order valence-corrected chi connectivity index (χ3v) is 3.53. The minimum Gasteiger partial charge on any atom is -0.352 e. The first-order chi connectivity index (χ1) is 7.77. The fourth-order valence-corrected chi connectivity index (χ4v) is 2.72. The molecule has 3 nitrogen and oxygen atoms in total. The Hall–Kier alpha value is -1.42. The standard InChI is InChI=1S/C12H13FN2O/c13-10-3-1-2-8-11(10)9-6-14-4-7(9)5-15-12(8)16/h1-3,7,9,14H,4-6H2,(H,15,16)/t7-,9+/m1/s1. The van der Waals surface area contributed by atoms with Crippen molar-refractivity contribution >= 4 is 5.91 Å². The topological polar surface area (TPSA) is 41.1 Å². The van der Waals surface area contributed by atoms with E-state index in [0.717, 1.165) is 13.1 Å². The van der Waals surface area contributed by atoms with Crippen molar-refractivity contribution in [1.29, 1.82) is 0 Å². The van der Waals surface area contributed by atoms with Gasteiger partial charge in [-0.05, 0) is 18.1 Å². The lowest BCUT2D eigenvalue weighted by molar-refractivity contribution is 0.0952. The molecule has 0 unspecified atom stereocenters. The number of fused-ring (bicyclic) bond motifs is 3. The second-order valence-electron chi connectivity index (χ2n) is 4.44. The van der Waals surface area contributed by atoms with Crippen molar-refractivity contribution in [2.24, 2.45) is 5.92 Å². The molecule has 1 aromatic rings. The molecule has 0 bridgehead atoms. The number of carbonyl (C=O) groups is 1. The number of rotatable bonds is 0. The summed E-state index contributed by atoms with van der Waals surface area (Å²) in [6.45, 7) is 2.23. The van der Waals surface area contributed by atoms with E-state index in [1.807, 2.05) is 0 Å². The third-order valence-electron chi connectivity index (χ3n) is 3.53. The van der Waals surface area contributed by atoms with Crippen LogP contribution >= 0.6 is 0 Å². The van der Waals surface area contributed by atoms with Crippen LogP contribution in [0.1, 0.15) is 21.8 Å². The lowest BCUT2D eigenvalue weighted by Gasteiger charge is -2.16. The normalized spacial score (nSPS) is 27.9. The zero-order valence-electron chi connectivity index (χ0n) is 8.79. The molecule has 2 aliphatic heterocycles. The van der Waals surface area contributed by atoms with E-state index < -0.39 is 0 Å². The van der Waals surface area contributed by atoms with Crippen LogP contribution < -0.4 is 10.6 Å². The van der Waals surface area contributed by atoms with Crippen molar-refractivity contribution in [3.63, 3.8) is 0 Å². The molecule has 0 spiro atoms. The van der Waals surface area contributed by atoms with Crippen molar-refractivity contribution < 1.29 is 9.18 Å². The van der Waals surface area contributed by atoms with Gasteiger partial charge in [-0.15, -0.1) is 0 Å². The van der Waals surface area contributed by atoms with Crippen LogP contribution in [0.5, 0.6) is 0 Å². The molecule has 0 radical (unpaired) electrons. The summed E-state index contributed by atoms with van der Waals surface area (Å²) in [5, 5.41) is 6.11.